The zero-order valence-electron chi connectivity index (χ0n) is 15.5. The number of nitrogens with one attached hydrogen (secondary N) is 1. The Balaban J connectivity index is 1.59. The van der Waals surface area contributed by atoms with E-state index in [4.69, 9.17) is 5.73 Å². The second-order valence-corrected chi connectivity index (χ2v) is 7.92. The first kappa shape index (κ1) is 20.1. The Morgan fingerprint density at radius 1 is 1.00 bits per heavy atom. The minimum atomic E-state index is 0.219. The normalized spacial score (nSPS) is 12.4. The number of nitrogens with two attached hydrogens (primary N) is 1. The number of aromatic amines is 1. The summed E-state index contributed by atoms with van der Waals surface area (Å²) in [6.07, 6.45) is 15.0. The average Bonchev–Trinajstić information content (AvgIpc) is 3.16. The fourth-order valence-electron chi connectivity index (χ4n) is 2.94. The van der Waals surface area contributed by atoms with Gasteiger partial charge in [0.05, 0.1) is 17.6 Å². The minimum Gasteiger partial charge on any atom is -0.340 e. The molecule has 3 nitrogen and oxygen atoms in total. The molecule has 0 amide bonds. The number of nitrogens with zero attached hydrogens (tertiary/aromatic N) is 1. The number of unbranched alkanes of at least 4 members (excludes halogenated alkanes) is 5. The van der Waals surface area contributed by atoms with E-state index in [0.29, 0.717) is 0 Å². The number of aryl methyl sites for hydroxylation is 2. The smallest absolute Gasteiger partial charge is 0.0928 e. The molecule has 0 saturated carbocycles. The fourth-order valence-corrected chi connectivity index (χ4v) is 3.77. The third kappa shape index (κ3) is 8.59. The Morgan fingerprint density at radius 3 is 2.36 bits per heavy atom. The average molecular weight is 360 g/mol. The van der Waals surface area contributed by atoms with Crippen LogP contribution in [-0.4, -0.2) is 21.8 Å². The number of aromatic nitrogens is 2. The van der Waals surface area contributed by atoms with E-state index < -0.39 is 0 Å². The van der Waals surface area contributed by atoms with Crippen molar-refractivity contribution in [1.82, 2.24) is 9.97 Å². The van der Waals surface area contributed by atoms with Crippen molar-refractivity contribution in [2.24, 2.45) is 5.73 Å². The molecular weight excluding hydrogens is 326 g/mol. The summed E-state index contributed by atoms with van der Waals surface area (Å²) in [6.45, 7) is 2.27. The highest BCUT2D eigenvalue weighted by Gasteiger charge is 2.05. The van der Waals surface area contributed by atoms with Crippen molar-refractivity contribution in [3.05, 3.63) is 47.9 Å². The maximum Gasteiger partial charge on any atom is 0.0928 e. The molecule has 1 unspecified atom stereocenters. The van der Waals surface area contributed by atoms with Crippen LogP contribution in [0.25, 0.3) is 0 Å². The Morgan fingerprint density at radius 2 is 1.68 bits per heavy atom. The van der Waals surface area contributed by atoms with Crippen LogP contribution in [0.1, 0.15) is 63.0 Å². The number of benzene rings is 1. The van der Waals surface area contributed by atoms with Gasteiger partial charge in [0.2, 0.25) is 0 Å². The summed E-state index contributed by atoms with van der Waals surface area (Å²) in [7, 11) is 0. The van der Waals surface area contributed by atoms with Gasteiger partial charge in [-0.15, -0.1) is 11.8 Å². The maximum absolute atomic E-state index is 6.23. The molecule has 25 heavy (non-hydrogen) atoms. The summed E-state index contributed by atoms with van der Waals surface area (Å²) in [5, 5.41) is 1.09. The van der Waals surface area contributed by atoms with Crippen LogP contribution in [0.15, 0.2) is 41.8 Å². The quantitative estimate of drug-likeness (QED) is 0.374. The maximum atomic E-state index is 6.23. The van der Waals surface area contributed by atoms with E-state index in [0.717, 1.165) is 23.6 Å². The van der Waals surface area contributed by atoms with E-state index >= 15 is 0 Å². The van der Waals surface area contributed by atoms with E-state index in [1.165, 1.54) is 56.1 Å². The molecule has 0 aliphatic heterocycles. The van der Waals surface area contributed by atoms with Crippen LogP contribution >= 0.6 is 11.8 Å². The SMILES string of the molecule is CCCCCCCCc1ccc(CCC(N)CSc2cnc[nH]2)cc1. The molecule has 1 heterocycles. The third-order valence-corrected chi connectivity index (χ3v) is 5.70. The second-order valence-electron chi connectivity index (χ2n) is 6.86. The van der Waals surface area contributed by atoms with Gasteiger partial charge in [0.1, 0.15) is 0 Å². The molecule has 1 aromatic heterocycles. The van der Waals surface area contributed by atoms with Gasteiger partial charge in [0.15, 0.2) is 0 Å². The minimum absolute atomic E-state index is 0.219. The van der Waals surface area contributed by atoms with Gasteiger partial charge in [0, 0.05) is 11.8 Å². The van der Waals surface area contributed by atoms with Crippen molar-refractivity contribution in [1.29, 1.82) is 0 Å². The number of H-pyrrole nitrogens is 1. The van der Waals surface area contributed by atoms with Crippen LogP contribution in [0.5, 0.6) is 0 Å². The first-order valence-corrected chi connectivity index (χ1v) is 10.7. The van der Waals surface area contributed by atoms with Gasteiger partial charge in [-0.05, 0) is 36.8 Å². The molecule has 0 aliphatic carbocycles. The molecular formula is C21H33N3S. The molecule has 0 fully saturated rings. The van der Waals surface area contributed by atoms with Gasteiger partial charge in [-0.2, -0.15) is 0 Å². The lowest BCUT2D eigenvalue weighted by Crippen LogP contribution is -2.23. The van der Waals surface area contributed by atoms with Crippen LogP contribution in [-0.2, 0) is 12.8 Å². The van der Waals surface area contributed by atoms with Crippen molar-refractivity contribution in [2.45, 2.75) is 75.8 Å². The number of imidazole rings is 1. The zero-order chi connectivity index (χ0) is 17.7. The zero-order valence-corrected chi connectivity index (χ0v) is 16.4. The van der Waals surface area contributed by atoms with Crippen molar-refractivity contribution in [3.63, 3.8) is 0 Å². The largest absolute Gasteiger partial charge is 0.340 e. The lowest BCUT2D eigenvalue weighted by Gasteiger charge is -2.11. The van der Waals surface area contributed by atoms with E-state index in [1.54, 1.807) is 18.1 Å². The van der Waals surface area contributed by atoms with E-state index in [2.05, 4.69) is 41.2 Å². The first-order valence-electron chi connectivity index (χ1n) is 9.72. The number of thioether (sulfide) groups is 1. The lowest BCUT2D eigenvalue weighted by molar-refractivity contribution is 0.607. The first-order chi connectivity index (χ1) is 12.3. The monoisotopic (exact) mass is 359 g/mol. The number of hydrogen-bond donors (Lipinski definition) is 2. The van der Waals surface area contributed by atoms with Crippen molar-refractivity contribution < 1.29 is 0 Å². The molecule has 1 atom stereocenters. The van der Waals surface area contributed by atoms with Crippen LogP contribution in [0.4, 0.5) is 0 Å². The van der Waals surface area contributed by atoms with Gasteiger partial charge in [0.25, 0.3) is 0 Å². The Kier molecular flexibility index (Phi) is 9.75. The predicted molar refractivity (Wildman–Crippen MR) is 109 cm³/mol. The van der Waals surface area contributed by atoms with Gasteiger partial charge in [-0.1, -0.05) is 63.3 Å². The Labute approximate surface area is 157 Å². The molecule has 0 radical (unpaired) electrons. The molecule has 138 valence electrons. The summed E-state index contributed by atoms with van der Waals surface area (Å²) in [5.74, 6) is 0.929. The molecule has 0 saturated heterocycles. The second kappa shape index (κ2) is 12.2. The van der Waals surface area contributed by atoms with E-state index in [1.807, 2.05) is 6.20 Å². The van der Waals surface area contributed by atoms with Crippen LogP contribution < -0.4 is 5.73 Å². The van der Waals surface area contributed by atoms with Gasteiger partial charge in [-0.3, -0.25) is 0 Å². The molecule has 2 aromatic rings. The summed E-state index contributed by atoms with van der Waals surface area (Å²) in [5.41, 5.74) is 9.10. The summed E-state index contributed by atoms with van der Waals surface area (Å²) in [4.78, 5) is 7.12. The van der Waals surface area contributed by atoms with E-state index in [9.17, 15) is 0 Å². The standard InChI is InChI=1S/C21H33N3S/c1-2-3-4-5-6-7-8-18-9-11-19(12-10-18)13-14-20(22)16-25-21-15-23-17-24-21/h9-12,15,17,20H,2-8,13-14,16,22H2,1H3,(H,23,24). The van der Waals surface area contributed by atoms with Gasteiger partial charge >= 0.3 is 0 Å². The van der Waals surface area contributed by atoms with Crippen LogP contribution in [0.3, 0.4) is 0 Å². The van der Waals surface area contributed by atoms with Crippen molar-refractivity contribution in [3.8, 4) is 0 Å². The highest BCUT2D eigenvalue weighted by Crippen LogP contribution is 2.17. The molecule has 1 aromatic carbocycles. The Bertz CT molecular complexity index is 551. The molecule has 0 aliphatic rings. The molecule has 4 heteroatoms. The van der Waals surface area contributed by atoms with Gasteiger partial charge in [-0.25, -0.2) is 4.98 Å². The number of rotatable bonds is 13. The lowest BCUT2D eigenvalue weighted by atomic mass is 10.0. The topological polar surface area (TPSA) is 54.7 Å². The fraction of sp³-hybridized carbons (Fsp3) is 0.571. The van der Waals surface area contributed by atoms with E-state index in [-0.39, 0.29) is 6.04 Å². The van der Waals surface area contributed by atoms with Crippen molar-refractivity contribution >= 4 is 11.8 Å². The van der Waals surface area contributed by atoms with Crippen LogP contribution in [0.2, 0.25) is 0 Å². The van der Waals surface area contributed by atoms with Crippen molar-refractivity contribution in [2.75, 3.05) is 5.75 Å². The summed E-state index contributed by atoms with van der Waals surface area (Å²) in [6, 6.07) is 9.37. The predicted octanol–water partition coefficient (Wildman–Crippen LogP) is 5.36. The Hall–Kier alpha value is -1.26. The third-order valence-electron chi connectivity index (χ3n) is 4.57. The summed E-state index contributed by atoms with van der Waals surface area (Å²) < 4.78 is 0. The molecule has 2 rings (SSSR count). The molecule has 3 N–H and O–H groups in total. The summed E-state index contributed by atoms with van der Waals surface area (Å²) >= 11 is 1.75. The highest BCUT2D eigenvalue weighted by molar-refractivity contribution is 7.99. The number of hydrogen-bond acceptors (Lipinski definition) is 3. The van der Waals surface area contributed by atoms with Crippen LogP contribution in [0, 0.1) is 0 Å². The molecule has 0 bridgehead atoms. The highest BCUT2D eigenvalue weighted by atomic mass is 32.2. The molecule has 0 spiro atoms. The van der Waals surface area contributed by atoms with Gasteiger partial charge < -0.3 is 10.7 Å².